The van der Waals surface area contributed by atoms with Crippen LogP contribution in [0.1, 0.15) is 32.6 Å². The number of esters is 1. The molecule has 0 amide bonds. The maximum atomic E-state index is 10.9. The molecule has 0 aromatic rings. The molecule has 0 aliphatic heterocycles. The minimum atomic E-state index is -0.0925. The van der Waals surface area contributed by atoms with Crippen molar-refractivity contribution in [3.8, 4) is 0 Å². The molecule has 0 aromatic heterocycles. The quantitative estimate of drug-likeness (QED) is 0.297. The van der Waals surface area contributed by atoms with Crippen molar-refractivity contribution in [3.05, 3.63) is 12.2 Å². The number of carbonyl (C=O) groups is 1. The molecule has 0 bridgehead atoms. The van der Waals surface area contributed by atoms with Gasteiger partial charge in [-0.25, -0.2) is 0 Å². The Labute approximate surface area is 85.8 Å². The van der Waals surface area contributed by atoms with Crippen LogP contribution in [-0.4, -0.2) is 18.3 Å². The highest BCUT2D eigenvalue weighted by molar-refractivity contribution is 7.80. The molecule has 0 N–H and O–H groups in total. The fraction of sp³-hybridized carbons (Fsp3) is 0.700. The second-order valence-corrected chi connectivity index (χ2v) is 3.13. The minimum absolute atomic E-state index is 0.0925. The van der Waals surface area contributed by atoms with Gasteiger partial charge in [-0.2, -0.15) is 12.6 Å². The second kappa shape index (κ2) is 9.65. The van der Waals surface area contributed by atoms with Crippen molar-refractivity contribution in [2.24, 2.45) is 0 Å². The highest BCUT2D eigenvalue weighted by Crippen LogP contribution is 1.99. The molecule has 0 aliphatic carbocycles. The third-order valence-electron chi connectivity index (χ3n) is 1.52. The molecule has 0 saturated heterocycles. The van der Waals surface area contributed by atoms with E-state index in [1.54, 1.807) is 0 Å². The molecule has 0 radical (unpaired) electrons. The topological polar surface area (TPSA) is 26.3 Å². The fourth-order valence-electron chi connectivity index (χ4n) is 0.908. The Kier molecular flexibility index (Phi) is 9.32. The van der Waals surface area contributed by atoms with Gasteiger partial charge in [-0.15, -0.1) is 0 Å². The number of hydrogen-bond acceptors (Lipinski definition) is 3. The number of hydrogen-bond donors (Lipinski definition) is 1. The molecule has 2 nitrogen and oxygen atoms in total. The van der Waals surface area contributed by atoms with Gasteiger partial charge in [0.1, 0.15) is 0 Å². The predicted octanol–water partition coefficient (Wildman–Crippen LogP) is 2.60. The Bertz CT molecular complexity index is 155. The van der Waals surface area contributed by atoms with Crippen LogP contribution in [-0.2, 0) is 9.53 Å². The van der Waals surface area contributed by atoms with E-state index in [-0.39, 0.29) is 5.97 Å². The molecular weight excluding hydrogens is 184 g/mol. The van der Waals surface area contributed by atoms with Crippen LogP contribution in [0.25, 0.3) is 0 Å². The minimum Gasteiger partial charge on any atom is -0.466 e. The number of thiol groups is 1. The Morgan fingerprint density at radius 1 is 1.38 bits per heavy atom. The average Bonchev–Trinajstić information content (AvgIpc) is 2.11. The van der Waals surface area contributed by atoms with Crippen LogP contribution in [0.2, 0.25) is 0 Å². The molecule has 76 valence electrons. The summed E-state index contributed by atoms with van der Waals surface area (Å²) in [4.78, 5) is 10.9. The van der Waals surface area contributed by atoms with E-state index in [1.807, 2.05) is 6.92 Å². The van der Waals surface area contributed by atoms with Crippen molar-refractivity contribution in [2.75, 3.05) is 12.4 Å². The zero-order chi connectivity index (χ0) is 9.94. The summed E-state index contributed by atoms with van der Waals surface area (Å²) in [6, 6.07) is 0. The first-order valence-corrected chi connectivity index (χ1v) is 5.36. The van der Waals surface area contributed by atoms with Crippen LogP contribution in [0.4, 0.5) is 0 Å². The molecule has 0 saturated carbocycles. The van der Waals surface area contributed by atoms with Crippen molar-refractivity contribution in [3.63, 3.8) is 0 Å². The zero-order valence-electron chi connectivity index (χ0n) is 8.16. The molecule has 0 aliphatic rings. The maximum absolute atomic E-state index is 10.9. The monoisotopic (exact) mass is 202 g/mol. The smallest absolute Gasteiger partial charge is 0.305 e. The lowest BCUT2D eigenvalue weighted by Gasteiger charge is -1.98. The van der Waals surface area contributed by atoms with Crippen LogP contribution < -0.4 is 0 Å². The van der Waals surface area contributed by atoms with Crippen molar-refractivity contribution < 1.29 is 9.53 Å². The molecule has 0 atom stereocenters. The van der Waals surface area contributed by atoms with Crippen molar-refractivity contribution in [2.45, 2.75) is 32.6 Å². The van der Waals surface area contributed by atoms with Crippen LogP contribution in [0.5, 0.6) is 0 Å². The van der Waals surface area contributed by atoms with Crippen LogP contribution in [0.15, 0.2) is 12.2 Å². The van der Waals surface area contributed by atoms with Gasteiger partial charge in [0, 0.05) is 6.42 Å². The van der Waals surface area contributed by atoms with Crippen LogP contribution in [0.3, 0.4) is 0 Å². The third-order valence-corrected chi connectivity index (χ3v) is 1.78. The zero-order valence-corrected chi connectivity index (χ0v) is 9.06. The van der Waals surface area contributed by atoms with Gasteiger partial charge >= 0.3 is 5.97 Å². The molecule has 13 heavy (non-hydrogen) atoms. The molecule has 0 fully saturated rings. The summed E-state index contributed by atoms with van der Waals surface area (Å²) in [6.07, 6.45) is 7.55. The van der Waals surface area contributed by atoms with Crippen LogP contribution in [0, 0.1) is 0 Å². The van der Waals surface area contributed by atoms with Gasteiger partial charge < -0.3 is 4.74 Å². The predicted molar refractivity (Wildman–Crippen MR) is 58.1 cm³/mol. The summed E-state index contributed by atoms with van der Waals surface area (Å²) in [6.45, 7) is 2.30. The first kappa shape index (κ1) is 12.6. The van der Waals surface area contributed by atoms with Crippen molar-refractivity contribution in [1.29, 1.82) is 0 Å². The summed E-state index contributed by atoms with van der Waals surface area (Å²) in [5.74, 6) is 0.791. The molecule has 0 rings (SSSR count). The Balaban J connectivity index is 3.20. The number of rotatable bonds is 7. The summed E-state index contributed by atoms with van der Waals surface area (Å²) < 4.78 is 4.79. The molecule has 0 spiro atoms. The third kappa shape index (κ3) is 9.47. The van der Waals surface area contributed by atoms with Crippen LogP contribution >= 0.6 is 12.6 Å². The highest BCUT2D eigenvalue weighted by atomic mass is 32.1. The van der Waals surface area contributed by atoms with Crippen molar-refractivity contribution >= 4 is 18.6 Å². The number of unbranched alkanes of at least 4 members (excludes halogenated alkanes) is 1. The van der Waals surface area contributed by atoms with Gasteiger partial charge in [-0.1, -0.05) is 12.2 Å². The van der Waals surface area contributed by atoms with Gasteiger partial charge in [0.05, 0.1) is 6.61 Å². The first-order valence-electron chi connectivity index (χ1n) is 4.72. The SMILES string of the molecule is CCOC(=O)CCC/C=C/CCS. The molecule has 0 heterocycles. The lowest BCUT2D eigenvalue weighted by molar-refractivity contribution is -0.143. The van der Waals surface area contributed by atoms with E-state index < -0.39 is 0 Å². The van der Waals surface area contributed by atoms with E-state index in [2.05, 4.69) is 24.8 Å². The molecule has 0 aromatic carbocycles. The Morgan fingerprint density at radius 2 is 2.08 bits per heavy atom. The van der Waals surface area contributed by atoms with E-state index in [0.717, 1.165) is 25.0 Å². The molecular formula is C10H18O2S. The lowest BCUT2D eigenvalue weighted by atomic mass is 10.2. The summed E-state index contributed by atoms with van der Waals surface area (Å²) in [7, 11) is 0. The molecule has 0 unspecified atom stereocenters. The highest BCUT2D eigenvalue weighted by Gasteiger charge is 1.98. The van der Waals surface area contributed by atoms with E-state index >= 15 is 0 Å². The van der Waals surface area contributed by atoms with Gasteiger partial charge in [0.25, 0.3) is 0 Å². The number of ether oxygens (including phenoxy) is 1. The second-order valence-electron chi connectivity index (χ2n) is 2.68. The first-order chi connectivity index (χ1) is 6.31. The van der Waals surface area contributed by atoms with Gasteiger partial charge in [0.15, 0.2) is 0 Å². The lowest BCUT2D eigenvalue weighted by Crippen LogP contribution is -2.02. The summed E-state index contributed by atoms with van der Waals surface area (Å²) >= 11 is 4.08. The maximum Gasteiger partial charge on any atom is 0.305 e. The van der Waals surface area contributed by atoms with E-state index in [1.165, 1.54) is 0 Å². The fourth-order valence-corrected chi connectivity index (χ4v) is 1.06. The Morgan fingerprint density at radius 3 is 2.69 bits per heavy atom. The average molecular weight is 202 g/mol. The summed E-state index contributed by atoms with van der Waals surface area (Å²) in [5.41, 5.74) is 0. The normalized spacial score (nSPS) is 10.6. The standard InChI is InChI=1S/C10H18O2S/c1-2-12-10(11)8-6-4-3-5-7-9-13/h3,5,13H,2,4,6-9H2,1H3/b5-3+. The van der Waals surface area contributed by atoms with Gasteiger partial charge in [0.2, 0.25) is 0 Å². The molecule has 3 heteroatoms. The van der Waals surface area contributed by atoms with E-state index in [4.69, 9.17) is 4.74 Å². The van der Waals surface area contributed by atoms with Gasteiger partial charge in [-0.05, 0) is 31.9 Å². The summed E-state index contributed by atoms with van der Waals surface area (Å²) in [5, 5.41) is 0. The van der Waals surface area contributed by atoms with Gasteiger partial charge in [-0.3, -0.25) is 4.79 Å². The van der Waals surface area contributed by atoms with E-state index in [0.29, 0.717) is 13.0 Å². The number of carbonyl (C=O) groups excluding carboxylic acids is 1. The van der Waals surface area contributed by atoms with E-state index in [9.17, 15) is 4.79 Å². The largest absolute Gasteiger partial charge is 0.466 e. The Hall–Kier alpha value is -0.440. The van der Waals surface area contributed by atoms with Crippen molar-refractivity contribution in [1.82, 2.24) is 0 Å². The number of allylic oxidation sites excluding steroid dienone is 2.